The Balaban J connectivity index is 1.66. The predicted molar refractivity (Wildman–Crippen MR) is 120 cm³/mol. The van der Waals surface area contributed by atoms with Crippen LogP contribution in [0.3, 0.4) is 0 Å². The number of fused-ring (bicyclic) bond motifs is 1. The van der Waals surface area contributed by atoms with E-state index < -0.39 is 23.2 Å². The van der Waals surface area contributed by atoms with Crippen molar-refractivity contribution in [2.24, 2.45) is 11.7 Å². The number of aliphatic carboxylic acids is 1. The molecule has 0 bridgehead atoms. The molecule has 1 saturated heterocycles. The topological polar surface area (TPSA) is 108 Å². The Labute approximate surface area is 194 Å². The molecule has 2 fully saturated rings. The van der Waals surface area contributed by atoms with E-state index in [-0.39, 0.29) is 6.42 Å². The van der Waals surface area contributed by atoms with Gasteiger partial charge >= 0.3 is 5.97 Å². The lowest BCUT2D eigenvalue weighted by Gasteiger charge is -2.45. The highest BCUT2D eigenvalue weighted by atomic mass is 35.5. The second-order valence-corrected chi connectivity index (χ2v) is 9.13. The SMILES string of the molecule is NC1(c2ncnc3cccc(-c4ccc(Cl)c(Cl)c4)c23)CCC2(OCCO2)C(C(=O)O)C1. The molecule has 1 saturated carbocycles. The van der Waals surface area contributed by atoms with Crippen molar-refractivity contribution in [3.8, 4) is 11.1 Å². The fourth-order valence-corrected chi connectivity index (χ4v) is 5.19. The maximum atomic E-state index is 12.2. The summed E-state index contributed by atoms with van der Waals surface area (Å²) in [6, 6.07) is 11.1. The summed E-state index contributed by atoms with van der Waals surface area (Å²) in [5.41, 5.74) is 8.91. The number of rotatable bonds is 3. The molecular formula is C23H21Cl2N3O4. The van der Waals surface area contributed by atoms with Crippen LogP contribution in [0, 0.1) is 5.92 Å². The molecule has 1 aromatic heterocycles. The van der Waals surface area contributed by atoms with Crippen molar-refractivity contribution < 1.29 is 19.4 Å². The molecule has 2 unspecified atom stereocenters. The lowest BCUT2D eigenvalue weighted by molar-refractivity contribution is -0.227. The summed E-state index contributed by atoms with van der Waals surface area (Å²) in [6.45, 7) is 0.749. The third-order valence-electron chi connectivity index (χ3n) is 6.46. The Morgan fingerprint density at radius 1 is 1.09 bits per heavy atom. The van der Waals surface area contributed by atoms with Crippen LogP contribution in [-0.2, 0) is 19.8 Å². The number of ether oxygens (including phenoxy) is 2. The van der Waals surface area contributed by atoms with Gasteiger partial charge in [0.15, 0.2) is 5.79 Å². The lowest BCUT2D eigenvalue weighted by atomic mass is 9.70. The van der Waals surface area contributed by atoms with Crippen LogP contribution in [0.2, 0.25) is 10.0 Å². The van der Waals surface area contributed by atoms with Gasteiger partial charge in [-0.3, -0.25) is 4.79 Å². The first kappa shape index (κ1) is 21.6. The molecule has 0 radical (unpaired) electrons. The van der Waals surface area contributed by atoms with Crippen LogP contribution in [-0.4, -0.2) is 40.0 Å². The van der Waals surface area contributed by atoms with Crippen molar-refractivity contribution in [1.29, 1.82) is 0 Å². The largest absolute Gasteiger partial charge is 0.481 e. The van der Waals surface area contributed by atoms with Gasteiger partial charge in [0.25, 0.3) is 0 Å². The predicted octanol–water partition coefficient (Wildman–Crippen LogP) is 4.39. The molecule has 166 valence electrons. The van der Waals surface area contributed by atoms with Crippen molar-refractivity contribution >= 4 is 40.1 Å². The first-order chi connectivity index (χ1) is 15.3. The fourth-order valence-electron chi connectivity index (χ4n) is 4.89. The fraction of sp³-hybridized carbons (Fsp3) is 0.348. The molecule has 9 heteroatoms. The zero-order valence-electron chi connectivity index (χ0n) is 17.1. The van der Waals surface area contributed by atoms with E-state index in [0.29, 0.717) is 47.3 Å². The number of benzene rings is 2. The number of nitrogens with two attached hydrogens (primary N) is 1. The Bertz CT molecular complexity index is 1210. The molecule has 2 atom stereocenters. The third kappa shape index (κ3) is 3.45. The highest BCUT2D eigenvalue weighted by Gasteiger charge is 2.56. The van der Waals surface area contributed by atoms with E-state index >= 15 is 0 Å². The number of carboxylic acids is 1. The molecule has 32 heavy (non-hydrogen) atoms. The Morgan fingerprint density at radius 3 is 2.59 bits per heavy atom. The van der Waals surface area contributed by atoms with E-state index in [2.05, 4.69) is 9.97 Å². The van der Waals surface area contributed by atoms with Gasteiger partial charge in [0, 0.05) is 11.8 Å². The van der Waals surface area contributed by atoms with Crippen molar-refractivity contribution in [1.82, 2.24) is 9.97 Å². The molecule has 0 amide bonds. The number of carbonyl (C=O) groups is 1. The van der Waals surface area contributed by atoms with Gasteiger partial charge in [-0.25, -0.2) is 9.97 Å². The number of hydrogen-bond donors (Lipinski definition) is 2. The average Bonchev–Trinajstić information content (AvgIpc) is 3.26. The van der Waals surface area contributed by atoms with E-state index in [4.69, 9.17) is 38.4 Å². The minimum atomic E-state index is -1.13. The lowest BCUT2D eigenvalue weighted by Crippen LogP contribution is -2.55. The van der Waals surface area contributed by atoms with E-state index in [0.717, 1.165) is 16.5 Å². The normalized spacial score (nSPS) is 24.8. The van der Waals surface area contributed by atoms with Crippen LogP contribution in [0.1, 0.15) is 25.0 Å². The molecule has 1 spiro atoms. The van der Waals surface area contributed by atoms with E-state index in [1.54, 1.807) is 12.1 Å². The van der Waals surface area contributed by atoms with Gasteiger partial charge in [-0.2, -0.15) is 0 Å². The molecule has 2 heterocycles. The number of nitrogens with zero attached hydrogens (tertiary/aromatic N) is 2. The second kappa shape index (κ2) is 7.93. The van der Waals surface area contributed by atoms with Crippen molar-refractivity contribution in [3.05, 3.63) is 58.5 Å². The summed E-state index contributed by atoms with van der Waals surface area (Å²) in [5.74, 6) is -3.04. The molecule has 3 N–H and O–H groups in total. The third-order valence-corrected chi connectivity index (χ3v) is 7.20. The molecule has 2 aliphatic rings. The van der Waals surface area contributed by atoms with Gasteiger partial charge in [0.05, 0.1) is 40.0 Å². The van der Waals surface area contributed by atoms with Gasteiger partial charge in [-0.15, -0.1) is 0 Å². The Morgan fingerprint density at radius 2 is 1.88 bits per heavy atom. The van der Waals surface area contributed by atoms with Gasteiger partial charge in [-0.1, -0.05) is 41.4 Å². The minimum Gasteiger partial charge on any atom is -0.481 e. The van der Waals surface area contributed by atoms with Crippen LogP contribution in [0.4, 0.5) is 0 Å². The average molecular weight is 474 g/mol. The Kier molecular flexibility index (Phi) is 5.34. The first-order valence-electron chi connectivity index (χ1n) is 10.3. The number of aromatic nitrogens is 2. The molecule has 7 nitrogen and oxygen atoms in total. The number of carboxylic acid groups (broad SMARTS) is 1. The first-order valence-corrected chi connectivity index (χ1v) is 11.1. The summed E-state index contributed by atoms with van der Waals surface area (Å²) in [7, 11) is 0. The van der Waals surface area contributed by atoms with Crippen molar-refractivity contribution in [2.45, 2.75) is 30.6 Å². The van der Waals surface area contributed by atoms with Crippen LogP contribution >= 0.6 is 23.2 Å². The van der Waals surface area contributed by atoms with Crippen LogP contribution < -0.4 is 5.73 Å². The van der Waals surface area contributed by atoms with Crippen molar-refractivity contribution in [2.75, 3.05) is 13.2 Å². The van der Waals surface area contributed by atoms with Gasteiger partial charge in [0.2, 0.25) is 0 Å². The quantitative estimate of drug-likeness (QED) is 0.580. The highest BCUT2D eigenvalue weighted by Crippen LogP contribution is 2.49. The summed E-state index contributed by atoms with van der Waals surface area (Å²) in [4.78, 5) is 21.2. The standard InChI is InChI=1S/C23H21Cl2N3O4/c24-16-5-4-13(10-17(16)25)14-2-1-3-18-19(14)20(28-12-27-18)22(26)6-7-23(31-8-9-32-23)15(11-22)21(29)30/h1-5,10,12,15H,6-9,11,26H2,(H,29,30). The second-order valence-electron chi connectivity index (χ2n) is 8.31. The zero-order valence-corrected chi connectivity index (χ0v) is 18.6. The number of hydrogen-bond acceptors (Lipinski definition) is 6. The monoisotopic (exact) mass is 473 g/mol. The minimum absolute atomic E-state index is 0.129. The van der Waals surface area contributed by atoms with Gasteiger partial charge in [0.1, 0.15) is 12.2 Å². The van der Waals surface area contributed by atoms with Gasteiger partial charge in [-0.05, 0) is 42.2 Å². The van der Waals surface area contributed by atoms with E-state index in [9.17, 15) is 9.90 Å². The maximum Gasteiger partial charge on any atom is 0.312 e. The van der Waals surface area contributed by atoms with Crippen LogP contribution in [0.5, 0.6) is 0 Å². The summed E-state index contributed by atoms with van der Waals surface area (Å²) in [6.07, 6.45) is 2.41. The van der Waals surface area contributed by atoms with E-state index in [1.165, 1.54) is 6.33 Å². The van der Waals surface area contributed by atoms with E-state index in [1.807, 2.05) is 24.3 Å². The van der Waals surface area contributed by atoms with Gasteiger partial charge < -0.3 is 20.3 Å². The molecule has 3 aromatic rings. The van der Waals surface area contributed by atoms with Crippen LogP contribution in [0.25, 0.3) is 22.0 Å². The zero-order chi connectivity index (χ0) is 22.5. The summed E-state index contributed by atoms with van der Waals surface area (Å²) in [5, 5.41) is 11.6. The molecule has 1 aliphatic carbocycles. The molecular weight excluding hydrogens is 453 g/mol. The molecule has 2 aromatic carbocycles. The smallest absolute Gasteiger partial charge is 0.312 e. The van der Waals surface area contributed by atoms with Crippen molar-refractivity contribution in [3.63, 3.8) is 0 Å². The Hall–Kier alpha value is -2.29. The molecule has 1 aliphatic heterocycles. The summed E-state index contributed by atoms with van der Waals surface area (Å²) >= 11 is 12.4. The summed E-state index contributed by atoms with van der Waals surface area (Å²) < 4.78 is 11.5. The number of halogens is 2. The highest BCUT2D eigenvalue weighted by molar-refractivity contribution is 6.42. The van der Waals surface area contributed by atoms with Crippen LogP contribution in [0.15, 0.2) is 42.7 Å². The maximum absolute atomic E-state index is 12.2. The molecule has 5 rings (SSSR count).